The van der Waals surface area contributed by atoms with Gasteiger partial charge in [-0.1, -0.05) is 12.1 Å². The molecule has 0 bridgehead atoms. The number of oxazole rings is 1. The molecule has 2 N–H and O–H groups in total. The number of methoxy groups -OCH3 is 1. The van der Waals surface area contributed by atoms with Gasteiger partial charge in [0.1, 0.15) is 11.3 Å². The van der Waals surface area contributed by atoms with Gasteiger partial charge in [-0.15, -0.1) is 0 Å². The van der Waals surface area contributed by atoms with Gasteiger partial charge in [0.05, 0.1) is 7.11 Å². The summed E-state index contributed by atoms with van der Waals surface area (Å²) in [5.74, 6) is 1.16. The summed E-state index contributed by atoms with van der Waals surface area (Å²) in [5.41, 5.74) is 6.98. The van der Waals surface area contributed by atoms with Crippen LogP contribution in [0, 0.1) is 6.92 Å². The molecule has 2 aromatic heterocycles. The van der Waals surface area contributed by atoms with E-state index in [-0.39, 0.29) is 0 Å². The molecule has 170 valence electrons. The number of anilines is 3. The van der Waals surface area contributed by atoms with Crippen LogP contribution < -0.4 is 21.2 Å². The van der Waals surface area contributed by atoms with Crippen LogP contribution in [0.25, 0.3) is 11.1 Å². The number of nitrogens with zero attached hydrogens (tertiary/aromatic N) is 4. The third-order valence-electron chi connectivity index (χ3n) is 6.02. The van der Waals surface area contributed by atoms with E-state index in [1.807, 2.05) is 25.1 Å². The fourth-order valence-electron chi connectivity index (χ4n) is 3.91. The average molecular weight is 447 g/mol. The van der Waals surface area contributed by atoms with Crippen molar-refractivity contribution in [3.8, 4) is 5.75 Å². The van der Waals surface area contributed by atoms with Crippen molar-refractivity contribution < 1.29 is 9.15 Å². The van der Waals surface area contributed by atoms with Crippen molar-refractivity contribution in [1.82, 2.24) is 19.5 Å². The molecule has 0 saturated carbocycles. The van der Waals surface area contributed by atoms with Crippen molar-refractivity contribution in [1.29, 1.82) is 0 Å². The number of aromatic nitrogens is 3. The molecule has 1 fully saturated rings. The van der Waals surface area contributed by atoms with Gasteiger partial charge in [-0.25, -0.2) is 9.78 Å². The molecule has 0 aliphatic carbocycles. The Bertz CT molecular complexity index is 1360. The molecule has 9 heteroatoms. The SMILES string of the molecule is COc1cc(Nc2ncc(C)c(Nn3c(=O)oc4ccccc43)n2)cc(C(C)N2CCC2)c1. The summed E-state index contributed by atoms with van der Waals surface area (Å²) in [6.07, 6.45) is 2.94. The first-order valence-corrected chi connectivity index (χ1v) is 10.9. The largest absolute Gasteiger partial charge is 0.497 e. The molecule has 3 heterocycles. The maximum atomic E-state index is 12.3. The van der Waals surface area contributed by atoms with E-state index in [0.29, 0.717) is 28.9 Å². The zero-order valence-electron chi connectivity index (χ0n) is 18.8. The van der Waals surface area contributed by atoms with Gasteiger partial charge in [0, 0.05) is 29.6 Å². The molecular formula is C24H26N6O3. The van der Waals surface area contributed by atoms with E-state index in [2.05, 4.69) is 44.7 Å². The summed E-state index contributed by atoms with van der Waals surface area (Å²) in [6.45, 7) is 6.30. The molecule has 0 amide bonds. The first-order chi connectivity index (χ1) is 16.0. The molecule has 2 aromatic carbocycles. The lowest BCUT2D eigenvalue weighted by Crippen LogP contribution is -2.39. The monoisotopic (exact) mass is 446 g/mol. The zero-order valence-corrected chi connectivity index (χ0v) is 18.8. The van der Waals surface area contributed by atoms with Gasteiger partial charge >= 0.3 is 5.76 Å². The number of hydrogen-bond donors (Lipinski definition) is 2. The Labute approximate surface area is 191 Å². The van der Waals surface area contributed by atoms with E-state index in [4.69, 9.17) is 9.15 Å². The van der Waals surface area contributed by atoms with E-state index in [9.17, 15) is 4.79 Å². The topological polar surface area (TPSA) is 97.5 Å². The van der Waals surface area contributed by atoms with Gasteiger partial charge in [0.25, 0.3) is 0 Å². The Morgan fingerprint density at radius 1 is 1.18 bits per heavy atom. The smallest absolute Gasteiger partial charge is 0.439 e. The number of hydrogen-bond acceptors (Lipinski definition) is 8. The standard InChI is InChI=1S/C24H26N6O3/c1-15-14-25-23(27-22(15)28-30-20-7-4-5-8-21(20)33-24(30)31)26-18-11-17(12-19(13-18)32-3)16(2)29-9-6-10-29/h4-5,7-8,11-14,16H,6,9-10H2,1-3H3,(H2,25,26,27,28). The Balaban J connectivity index is 1.43. The number of rotatable bonds is 7. The quantitative estimate of drug-likeness (QED) is 0.438. The van der Waals surface area contributed by atoms with Gasteiger partial charge in [-0.3, -0.25) is 10.3 Å². The van der Waals surface area contributed by atoms with Gasteiger partial charge in [-0.05, 0) is 63.2 Å². The minimum Gasteiger partial charge on any atom is -0.497 e. The molecule has 33 heavy (non-hydrogen) atoms. The predicted octanol–water partition coefficient (Wildman–Crippen LogP) is 4.09. The number of nitrogens with one attached hydrogen (secondary N) is 2. The van der Waals surface area contributed by atoms with Crippen LogP contribution in [0.15, 0.2) is 57.9 Å². The Kier molecular flexibility index (Phi) is 5.47. The van der Waals surface area contributed by atoms with Crippen molar-refractivity contribution >= 4 is 28.6 Å². The molecule has 9 nitrogen and oxygen atoms in total. The summed E-state index contributed by atoms with van der Waals surface area (Å²) < 4.78 is 12.2. The minimum atomic E-state index is -0.513. The molecule has 1 aliphatic heterocycles. The second-order valence-electron chi connectivity index (χ2n) is 8.19. The van der Waals surface area contributed by atoms with Crippen LogP contribution in [0.3, 0.4) is 0 Å². The highest BCUT2D eigenvalue weighted by molar-refractivity contribution is 5.73. The summed E-state index contributed by atoms with van der Waals surface area (Å²) in [7, 11) is 1.66. The lowest BCUT2D eigenvalue weighted by Gasteiger charge is -2.36. The summed E-state index contributed by atoms with van der Waals surface area (Å²) in [6, 6.07) is 13.6. The van der Waals surface area contributed by atoms with E-state index in [1.165, 1.54) is 16.7 Å². The number of fused-ring (bicyclic) bond motifs is 1. The third kappa shape index (κ3) is 4.14. The van der Waals surface area contributed by atoms with Crippen molar-refractivity contribution in [3.63, 3.8) is 0 Å². The van der Waals surface area contributed by atoms with Crippen molar-refractivity contribution in [2.75, 3.05) is 30.9 Å². The second-order valence-corrected chi connectivity index (χ2v) is 8.19. The highest BCUT2D eigenvalue weighted by atomic mass is 16.5. The van der Waals surface area contributed by atoms with Crippen LogP contribution in [0.2, 0.25) is 0 Å². The summed E-state index contributed by atoms with van der Waals surface area (Å²) in [5, 5.41) is 3.28. The highest BCUT2D eigenvalue weighted by Gasteiger charge is 2.22. The van der Waals surface area contributed by atoms with Gasteiger partial charge < -0.3 is 14.5 Å². The Hall–Kier alpha value is -3.85. The predicted molar refractivity (Wildman–Crippen MR) is 127 cm³/mol. The van der Waals surface area contributed by atoms with Gasteiger partial charge in [-0.2, -0.15) is 9.66 Å². The minimum absolute atomic E-state index is 0.298. The number of para-hydroxylation sites is 2. The van der Waals surface area contributed by atoms with Crippen LogP contribution in [0.1, 0.15) is 30.5 Å². The Morgan fingerprint density at radius 3 is 2.76 bits per heavy atom. The van der Waals surface area contributed by atoms with E-state index < -0.39 is 5.76 Å². The van der Waals surface area contributed by atoms with Crippen molar-refractivity contribution in [2.24, 2.45) is 0 Å². The zero-order chi connectivity index (χ0) is 22.9. The average Bonchev–Trinajstić information content (AvgIpc) is 3.09. The molecule has 0 spiro atoms. The second kappa shape index (κ2) is 8.59. The molecule has 4 aromatic rings. The molecule has 0 radical (unpaired) electrons. The summed E-state index contributed by atoms with van der Waals surface area (Å²) in [4.78, 5) is 23.8. The van der Waals surface area contributed by atoms with Crippen LogP contribution in [0.4, 0.5) is 17.5 Å². The van der Waals surface area contributed by atoms with E-state index >= 15 is 0 Å². The number of likely N-dealkylation sites (tertiary alicyclic amines) is 1. The first-order valence-electron chi connectivity index (χ1n) is 10.9. The highest BCUT2D eigenvalue weighted by Crippen LogP contribution is 2.31. The molecular weight excluding hydrogens is 420 g/mol. The van der Waals surface area contributed by atoms with Crippen molar-refractivity contribution in [2.45, 2.75) is 26.3 Å². The molecule has 1 saturated heterocycles. The van der Waals surface area contributed by atoms with Gasteiger partial charge in [0.2, 0.25) is 5.95 Å². The van der Waals surface area contributed by atoms with Gasteiger partial charge in [0.15, 0.2) is 11.4 Å². The van der Waals surface area contributed by atoms with E-state index in [1.54, 1.807) is 25.4 Å². The fraction of sp³-hybridized carbons (Fsp3) is 0.292. The van der Waals surface area contributed by atoms with Crippen LogP contribution in [0.5, 0.6) is 5.75 Å². The van der Waals surface area contributed by atoms with E-state index in [0.717, 1.165) is 30.1 Å². The molecule has 5 rings (SSSR count). The maximum Gasteiger partial charge on any atom is 0.439 e. The fourth-order valence-corrected chi connectivity index (χ4v) is 3.91. The molecule has 1 atom stereocenters. The Morgan fingerprint density at radius 2 is 2.00 bits per heavy atom. The lowest BCUT2D eigenvalue weighted by atomic mass is 10.0. The number of ether oxygens (including phenoxy) is 1. The number of benzene rings is 2. The van der Waals surface area contributed by atoms with Crippen molar-refractivity contribution in [3.05, 3.63) is 70.3 Å². The normalized spacial score (nSPS) is 14.6. The molecule has 1 unspecified atom stereocenters. The van der Waals surface area contributed by atoms with Crippen LogP contribution in [-0.2, 0) is 0 Å². The lowest BCUT2D eigenvalue weighted by molar-refractivity contribution is 0.128. The molecule has 1 aliphatic rings. The first kappa shape index (κ1) is 21.0. The maximum absolute atomic E-state index is 12.3. The number of aryl methyl sites for hydroxylation is 1. The summed E-state index contributed by atoms with van der Waals surface area (Å²) >= 11 is 0. The van der Waals surface area contributed by atoms with Crippen LogP contribution >= 0.6 is 0 Å². The van der Waals surface area contributed by atoms with Crippen LogP contribution in [-0.4, -0.2) is 39.7 Å². The third-order valence-corrected chi connectivity index (χ3v) is 6.02.